The van der Waals surface area contributed by atoms with E-state index in [1.165, 1.54) is 16.4 Å². The van der Waals surface area contributed by atoms with Crippen LogP contribution < -0.4 is 10.1 Å². The number of hydrogen-bond acceptors (Lipinski definition) is 4. The highest BCUT2D eigenvalue weighted by atomic mass is 32.2. The van der Waals surface area contributed by atoms with Crippen molar-refractivity contribution in [1.82, 2.24) is 14.5 Å². The standard InChI is InChI=1S/C22H26FN3O4S/c1-25-18-11-14-26(22(27)24-13-10-16-6-8-17(23)9-7-16)15-12-19(18)30-20-4-2-3-5-21(20)31(25,28)29/h2-9,18-19H,10-15H2,1H3,(H,24,27)/t18-,19-/m1/s1. The summed E-state index contributed by atoms with van der Waals surface area (Å²) in [4.78, 5) is 14.5. The van der Waals surface area contributed by atoms with Gasteiger partial charge in [-0.2, -0.15) is 4.31 Å². The minimum Gasteiger partial charge on any atom is -0.487 e. The number of sulfonamides is 1. The molecular weight excluding hydrogens is 421 g/mol. The molecule has 2 aliphatic rings. The number of benzene rings is 2. The molecule has 2 aromatic carbocycles. The molecule has 166 valence electrons. The second kappa shape index (κ2) is 8.84. The molecule has 1 N–H and O–H groups in total. The quantitative estimate of drug-likeness (QED) is 0.785. The lowest BCUT2D eigenvalue weighted by Gasteiger charge is -2.28. The van der Waals surface area contributed by atoms with E-state index in [4.69, 9.17) is 4.74 Å². The Labute approximate surface area is 181 Å². The third kappa shape index (κ3) is 4.52. The molecule has 2 atom stereocenters. The van der Waals surface area contributed by atoms with Crippen LogP contribution in [0.1, 0.15) is 18.4 Å². The van der Waals surface area contributed by atoms with Crippen molar-refractivity contribution in [1.29, 1.82) is 0 Å². The van der Waals surface area contributed by atoms with Gasteiger partial charge in [0.15, 0.2) is 0 Å². The fourth-order valence-electron chi connectivity index (χ4n) is 4.15. The number of hydrogen-bond donors (Lipinski definition) is 1. The average Bonchev–Trinajstić information content (AvgIpc) is 3.00. The van der Waals surface area contributed by atoms with Crippen molar-refractivity contribution in [2.24, 2.45) is 0 Å². The molecular formula is C22H26FN3O4S. The van der Waals surface area contributed by atoms with Gasteiger partial charge in [-0.1, -0.05) is 24.3 Å². The fourth-order valence-corrected chi connectivity index (χ4v) is 5.68. The van der Waals surface area contributed by atoms with Gasteiger partial charge in [0.2, 0.25) is 10.0 Å². The molecule has 2 amide bonds. The molecule has 0 bridgehead atoms. The highest BCUT2D eigenvalue weighted by Gasteiger charge is 2.41. The number of amides is 2. The summed E-state index contributed by atoms with van der Waals surface area (Å²) >= 11 is 0. The molecule has 4 rings (SSSR count). The van der Waals surface area contributed by atoms with E-state index in [0.29, 0.717) is 44.6 Å². The summed E-state index contributed by atoms with van der Waals surface area (Å²) < 4.78 is 46.6. The molecule has 1 saturated heterocycles. The fraction of sp³-hybridized carbons (Fsp3) is 0.409. The smallest absolute Gasteiger partial charge is 0.317 e. The number of halogens is 1. The molecule has 0 saturated carbocycles. The predicted octanol–water partition coefficient (Wildman–Crippen LogP) is 2.62. The van der Waals surface area contributed by atoms with Crippen molar-refractivity contribution >= 4 is 16.1 Å². The molecule has 2 aromatic rings. The van der Waals surface area contributed by atoms with Crippen LogP contribution >= 0.6 is 0 Å². The number of likely N-dealkylation sites (N-methyl/N-ethyl adjacent to an activating group) is 1. The summed E-state index contributed by atoms with van der Waals surface area (Å²) in [6.07, 6.45) is 1.29. The van der Waals surface area contributed by atoms with Crippen molar-refractivity contribution < 1.29 is 22.3 Å². The van der Waals surface area contributed by atoms with Crippen LogP contribution in [0.25, 0.3) is 0 Å². The monoisotopic (exact) mass is 447 g/mol. The van der Waals surface area contributed by atoms with Crippen molar-refractivity contribution in [2.45, 2.75) is 36.3 Å². The minimum absolute atomic E-state index is 0.181. The van der Waals surface area contributed by atoms with Crippen LogP contribution in [0, 0.1) is 5.82 Å². The maximum Gasteiger partial charge on any atom is 0.317 e. The van der Waals surface area contributed by atoms with Gasteiger partial charge in [-0.3, -0.25) is 0 Å². The van der Waals surface area contributed by atoms with E-state index < -0.39 is 10.0 Å². The predicted molar refractivity (Wildman–Crippen MR) is 114 cm³/mol. The first-order chi connectivity index (χ1) is 14.9. The van der Waals surface area contributed by atoms with E-state index in [0.717, 1.165) is 5.56 Å². The van der Waals surface area contributed by atoms with Gasteiger partial charge in [0, 0.05) is 33.1 Å². The number of fused-ring (bicyclic) bond motifs is 2. The van der Waals surface area contributed by atoms with Gasteiger partial charge in [0.05, 0.1) is 6.04 Å². The van der Waals surface area contributed by atoms with Gasteiger partial charge in [0.1, 0.15) is 22.6 Å². The summed E-state index contributed by atoms with van der Waals surface area (Å²) in [6, 6.07) is 12.3. The van der Waals surface area contributed by atoms with E-state index >= 15 is 0 Å². The lowest BCUT2D eigenvalue weighted by atomic mass is 10.1. The lowest BCUT2D eigenvalue weighted by molar-refractivity contribution is 0.122. The SMILES string of the molecule is CN1[C@@H]2CCN(C(=O)NCCc3ccc(F)cc3)CC[C@H]2Oc2ccccc2S1(=O)=O. The van der Waals surface area contributed by atoms with Gasteiger partial charge in [0.25, 0.3) is 0 Å². The first-order valence-electron chi connectivity index (χ1n) is 10.4. The molecule has 2 heterocycles. The topological polar surface area (TPSA) is 79.0 Å². The number of para-hydroxylation sites is 1. The maximum atomic E-state index is 13.0. The first-order valence-corrected chi connectivity index (χ1v) is 11.8. The second-order valence-electron chi connectivity index (χ2n) is 7.86. The summed E-state index contributed by atoms with van der Waals surface area (Å²) in [5.74, 6) is 0.0745. The molecule has 7 nitrogen and oxygen atoms in total. The molecule has 9 heteroatoms. The molecule has 2 aliphatic heterocycles. The summed E-state index contributed by atoms with van der Waals surface area (Å²) in [5.41, 5.74) is 0.943. The maximum absolute atomic E-state index is 13.0. The highest BCUT2D eigenvalue weighted by Crippen LogP contribution is 2.35. The molecule has 1 fully saturated rings. The Morgan fingerprint density at radius 1 is 1.13 bits per heavy atom. The molecule has 0 aromatic heterocycles. The van der Waals surface area contributed by atoms with Gasteiger partial charge in [-0.05, 0) is 42.7 Å². The Hall–Kier alpha value is -2.65. The normalized spacial score (nSPS) is 23.0. The Morgan fingerprint density at radius 3 is 2.61 bits per heavy atom. The number of nitrogens with zero attached hydrogens (tertiary/aromatic N) is 2. The number of carbonyl (C=O) groups is 1. The van der Waals surface area contributed by atoms with Crippen LogP contribution in [-0.4, -0.2) is 62.5 Å². The Kier molecular flexibility index (Phi) is 6.15. The molecule has 31 heavy (non-hydrogen) atoms. The number of carbonyl (C=O) groups excluding carboxylic acids is 1. The first kappa shape index (κ1) is 21.6. The summed E-state index contributed by atoms with van der Waals surface area (Å²) in [5, 5.41) is 2.90. The number of rotatable bonds is 3. The van der Waals surface area contributed by atoms with E-state index in [9.17, 15) is 17.6 Å². The van der Waals surface area contributed by atoms with Crippen LogP contribution in [0.3, 0.4) is 0 Å². The van der Waals surface area contributed by atoms with E-state index in [1.807, 2.05) is 0 Å². The molecule has 0 aliphatic carbocycles. The minimum atomic E-state index is -3.67. The molecule has 0 spiro atoms. The van der Waals surface area contributed by atoms with Crippen molar-refractivity contribution in [3.05, 3.63) is 59.9 Å². The van der Waals surface area contributed by atoms with Crippen LogP contribution in [0.5, 0.6) is 5.75 Å². The zero-order valence-corrected chi connectivity index (χ0v) is 18.1. The van der Waals surface area contributed by atoms with Crippen LogP contribution in [0.4, 0.5) is 9.18 Å². The van der Waals surface area contributed by atoms with E-state index in [2.05, 4.69) is 5.32 Å². The van der Waals surface area contributed by atoms with Crippen LogP contribution in [0.2, 0.25) is 0 Å². The van der Waals surface area contributed by atoms with Gasteiger partial charge < -0.3 is 15.0 Å². The van der Waals surface area contributed by atoms with Crippen LogP contribution in [-0.2, 0) is 16.4 Å². The van der Waals surface area contributed by atoms with Gasteiger partial charge >= 0.3 is 6.03 Å². The van der Waals surface area contributed by atoms with Crippen molar-refractivity contribution in [3.63, 3.8) is 0 Å². The number of nitrogens with one attached hydrogen (secondary N) is 1. The van der Waals surface area contributed by atoms with E-state index in [-0.39, 0.29) is 28.9 Å². The second-order valence-corrected chi connectivity index (χ2v) is 9.83. The summed E-state index contributed by atoms with van der Waals surface area (Å²) in [7, 11) is -2.09. The van der Waals surface area contributed by atoms with Crippen molar-refractivity contribution in [3.8, 4) is 5.75 Å². The number of ether oxygens (including phenoxy) is 1. The van der Waals surface area contributed by atoms with E-state index in [1.54, 1.807) is 48.3 Å². The third-order valence-electron chi connectivity index (χ3n) is 5.95. The van der Waals surface area contributed by atoms with Gasteiger partial charge in [-0.25, -0.2) is 17.6 Å². The Morgan fingerprint density at radius 2 is 1.84 bits per heavy atom. The Balaban J connectivity index is 1.40. The number of likely N-dealkylation sites (tertiary alicyclic amines) is 1. The highest BCUT2D eigenvalue weighted by molar-refractivity contribution is 7.89. The summed E-state index contributed by atoms with van der Waals surface area (Å²) in [6.45, 7) is 1.34. The Bertz CT molecular complexity index is 1040. The molecule has 0 unspecified atom stereocenters. The number of urea groups is 1. The lowest BCUT2D eigenvalue weighted by Crippen LogP contribution is -2.45. The van der Waals surface area contributed by atoms with Crippen molar-refractivity contribution in [2.75, 3.05) is 26.7 Å². The largest absolute Gasteiger partial charge is 0.487 e. The molecule has 0 radical (unpaired) electrons. The average molecular weight is 448 g/mol. The zero-order valence-electron chi connectivity index (χ0n) is 17.3. The van der Waals surface area contributed by atoms with Gasteiger partial charge in [-0.15, -0.1) is 0 Å². The third-order valence-corrected chi connectivity index (χ3v) is 7.87. The van der Waals surface area contributed by atoms with Crippen LogP contribution in [0.15, 0.2) is 53.4 Å². The zero-order chi connectivity index (χ0) is 22.0.